The third-order valence-corrected chi connectivity index (χ3v) is 5.86. The standard InChI is InChI=1S/C19H14O2S/c1-19(12-7-3-2-4-8-12)11-15-16(20)13-9-5-6-10-14(13)17(21)18(15)22-19/h2-10H,11H2,1H3. The second-order valence-corrected chi connectivity index (χ2v) is 7.40. The van der Waals surface area contributed by atoms with Gasteiger partial charge >= 0.3 is 0 Å². The van der Waals surface area contributed by atoms with Crippen molar-refractivity contribution < 1.29 is 9.59 Å². The molecule has 2 aromatic rings. The lowest BCUT2D eigenvalue weighted by Crippen LogP contribution is -2.19. The van der Waals surface area contributed by atoms with Crippen LogP contribution < -0.4 is 0 Å². The summed E-state index contributed by atoms with van der Waals surface area (Å²) < 4.78 is -0.251. The summed E-state index contributed by atoms with van der Waals surface area (Å²) in [5, 5.41) is 0. The van der Waals surface area contributed by atoms with Gasteiger partial charge in [-0.25, -0.2) is 0 Å². The Labute approximate surface area is 133 Å². The quantitative estimate of drug-likeness (QED) is 0.784. The lowest BCUT2D eigenvalue weighted by molar-refractivity contribution is 0.0979. The molecule has 0 aromatic heterocycles. The number of hydrogen-bond acceptors (Lipinski definition) is 3. The van der Waals surface area contributed by atoms with E-state index in [1.807, 2.05) is 30.3 Å². The molecule has 2 nitrogen and oxygen atoms in total. The van der Waals surface area contributed by atoms with Gasteiger partial charge in [0.05, 0.1) is 4.91 Å². The van der Waals surface area contributed by atoms with E-state index in [9.17, 15) is 9.59 Å². The Bertz CT molecular complexity index is 787. The summed E-state index contributed by atoms with van der Waals surface area (Å²) in [7, 11) is 0. The molecule has 1 atom stereocenters. The minimum Gasteiger partial charge on any atom is -0.289 e. The highest BCUT2D eigenvalue weighted by Gasteiger charge is 2.45. The SMILES string of the molecule is CC1(c2ccccc2)CC2=C(S1)C(=O)c1ccccc1C2=O. The van der Waals surface area contributed by atoms with Crippen LogP contribution in [0.3, 0.4) is 0 Å². The molecule has 0 fully saturated rings. The minimum atomic E-state index is -0.251. The predicted octanol–water partition coefficient (Wildman–Crippen LogP) is 4.37. The smallest absolute Gasteiger partial charge is 0.200 e. The molecule has 1 aliphatic heterocycles. The second-order valence-electron chi connectivity index (χ2n) is 5.89. The summed E-state index contributed by atoms with van der Waals surface area (Å²) in [5.41, 5.74) is 2.92. The summed E-state index contributed by atoms with van der Waals surface area (Å²) in [6, 6.07) is 17.2. The number of allylic oxidation sites excluding steroid dienone is 2. The number of benzene rings is 2. The molecule has 0 saturated heterocycles. The summed E-state index contributed by atoms with van der Waals surface area (Å²) in [4.78, 5) is 26.1. The number of carbonyl (C=O) groups excluding carboxylic acids is 2. The normalized spacial score (nSPS) is 23.5. The fourth-order valence-corrected chi connectivity index (χ4v) is 4.63. The van der Waals surface area contributed by atoms with Gasteiger partial charge in [0.25, 0.3) is 0 Å². The van der Waals surface area contributed by atoms with E-state index in [-0.39, 0.29) is 16.3 Å². The first-order chi connectivity index (χ1) is 10.6. The highest BCUT2D eigenvalue weighted by molar-refractivity contribution is 8.05. The molecular formula is C19H14O2S. The summed E-state index contributed by atoms with van der Waals surface area (Å²) in [6.07, 6.45) is 0.607. The molecule has 1 heterocycles. The van der Waals surface area contributed by atoms with E-state index in [0.29, 0.717) is 28.0 Å². The third-order valence-electron chi connectivity index (χ3n) is 4.40. The monoisotopic (exact) mass is 306 g/mol. The first-order valence-corrected chi connectivity index (χ1v) is 8.08. The zero-order chi connectivity index (χ0) is 15.3. The lowest BCUT2D eigenvalue weighted by Gasteiger charge is -2.23. The summed E-state index contributed by atoms with van der Waals surface area (Å²) >= 11 is 1.53. The zero-order valence-electron chi connectivity index (χ0n) is 12.1. The van der Waals surface area contributed by atoms with Crippen molar-refractivity contribution >= 4 is 23.3 Å². The largest absolute Gasteiger partial charge is 0.289 e. The minimum absolute atomic E-state index is 0.00476. The molecule has 0 N–H and O–H groups in total. The molecule has 0 saturated carbocycles. The maximum Gasteiger partial charge on any atom is 0.200 e. The number of hydrogen-bond donors (Lipinski definition) is 0. The van der Waals surface area contributed by atoms with E-state index < -0.39 is 0 Å². The van der Waals surface area contributed by atoms with Crippen molar-refractivity contribution in [3.8, 4) is 0 Å². The summed E-state index contributed by atoms with van der Waals surface area (Å²) in [5.74, 6) is 0.00668. The Morgan fingerprint density at radius 1 is 0.864 bits per heavy atom. The topological polar surface area (TPSA) is 34.1 Å². The average Bonchev–Trinajstić information content (AvgIpc) is 2.93. The fourth-order valence-electron chi connectivity index (χ4n) is 3.22. The highest BCUT2D eigenvalue weighted by atomic mass is 32.2. The van der Waals surface area contributed by atoms with Crippen LogP contribution in [0, 0.1) is 0 Å². The number of rotatable bonds is 1. The molecule has 2 aromatic carbocycles. The molecule has 0 bridgehead atoms. The Hall–Kier alpha value is -2.13. The van der Waals surface area contributed by atoms with Gasteiger partial charge in [0, 0.05) is 21.4 Å². The van der Waals surface area contributed by atoms with E-state index >= 15 is 0 Å². The molecule has 22 heavy (non-hydrogen) atoms. The van der Waals surface area contributed by atoms with Crippen LogP contribution in [-0.4, -0.2) is 11.6 Å². The maximum atomic E-state index is 12.7. The van der Waals surface area contributed by atoms with Crippen LogP contribution in [-0.2, 0) is 4.75 Å². The van der Waals surface area contributed by atoms with Crippen LogP contribution in [0.15, 0.2) is 65.1 Å². The molecule has 0 spiro atoms. The van der Waals surface area contributed by atoms with Gasteiger partial charge in [-0.05, 0) is 18.9 Å². The van der Waals surface area contributed by atoms with Gasteiger partial charge in [-0.3, -0.25) is 9.59 Å². The fraction of sp³-hybridized carbons (Fsp3) is 0.158. The molecule has 4 rings (SSSR count). The number of Topliss-reactive ketones (excluding diaryl/α,β-unsaturated/α-hetero) is 2. The number of fused-ring (bicyclic) bond motifs is 1. The van der Waals surface area contributed by atoms with Gasteiger partial charge in [-0.15, -0.1) is 11.8 Å². The molecule has 2 aliphatic rings. The van der Waals surface area contributed by atoms with Gasteiger partial charge in [0.2, 0.25) is 5.78 Å². The number of ketones is 2. The molecule has 0 amide bonds. The number of thioether (sulfide) groups is 1. The molecule has 1 unspecified atom stereocenters. The van der Waals surface area contributed by atoms with E-state index in [0.717, 1.165) is 5.56 Å². The first kappa shape index (κ1) is 13.5. The van der Waals surface area contributed by atoms with E-state index in [4.69, 9.17) is 0 Å². The van der Waals surface area contributed by atoms with E-state index in [1.165, 1.54) is 11.8 Å². The van der Waals surface area contributed by atoms with Crippen molar-refractivity contribution in [2.45, 2.75) is 18.1 Å². The molecule has 108 valence electrons. The van der Waals surface area contributed by atoms with Crippen molar-refractivity contribution in [3.63, 3.8) is 0 Å². The van der Waals surface area contributed by atoms with Crippen LogP contribution in [0.5, 0.6) is 0 Å². The van der Waals surface area contributed by atoms with Crippen molar-refractivity contribution in [2.75, 3.05) is 0 Å². The Morgan fingerprint density at radius 2 is 1.45 bits per heavy atom. The van der Waals surface area contributed by atoms with Crippen molar-refractivity contribution in [3.05, 3.63) is 81.8 Å². The lowest BCUT2D eigenvalue weighted by atomic mass is 9.84. The van der Waals surface area contributed by atoms with E-state index in [2.05, 4.69) is 19.1 Å². The first-order valence-electron chi connectivity index (χ1n) is 7.26. The molecular weight excluding hydrogens is 292 g/mol. The van der Waals surface area contributed by atoms with Gasteiger partial charge < -0.3 is 0 Å². The van der Waals surface area contributed by atoms with Gasteiger partial charge in [0.15, 0.2) is 5.78 Å². The molecule has 3 heteroatoms. The number of carbonyl (C=O) groups is 2. The van der Waals surface area contributed by atoms with Crippen LogP contribution in [0.1, 0.15) is 39.6 Å². The van der Waals surface area contributed by atoms with Gasteiger partial charge in [-0.2, -0.15) is 0 Å². The van der Waals surface area contributed by atoms with Crippen molar-refractivity contribution in [1.82, 2.24) is 0 Å². The van der Waals surface area contributed by atoms with Crippen molar-refractivity contribution in [2.24, 2.45) is 0 Å². The zero-order valence-corrected chi connectivity index (χ0v) is 12.9. The maximum absolute atomic E-state index is 12.7. The van der Waals surface area contributed by atoms with Crippen LogP contribution in [0.25, 0.3) is 0 Å². The predicted molar refractivity (Wildman–Crippen MR) is 88.1 cm³/mol. The van der Waals surface area contributed by atoms with Crippen LogP contribution >= 0.6 is 11.8 Å². The van der Waals surface area contributed by atoms with Gasteiger partial charge in [0.1, 0.15) is 0 Å². The van der Waals surface area contributed by atoms with Crippen LogP contribution in [0.4, 0.5) is 0 Å². The molecule has 1 aliphatic carbocycles. The van der Waals surface area contributed by atoms with Crippen molar-refractivity contribution in [1.29, 1.82) is 0 Å². The Morgan fingerprint density at radius 3 is 2.14 bits per heavy atom. The third kappa shape index (κ3) is 1.82. The average molecular weight is 306 g/mol. The van der Waals surface area contributed by atoms with Gasteiger partial charge in [-0.1, -0.05) is 54.6 Å². The molecule has 0 radical (unpaired) electrons. The Balaban J connectivity index is 1.79. The van der Waals surface area contributed by atoms with E-state index in [1.54, 1.807) is 12.1 Å². The van der Waals surface area contributed by atoms with Crippen LogP contribution in [0.2, 0.25) is 0 Å². The highest BCUT2D eigenvalue weighted by Crippen LogP contribution is 2.55. The second kappa shape index (κ2) is 4.68. The Kier molecular flexibility index (Phi) is 2.88. The summed E-state index contributed by atoms with van der Waals surface area (Å²) in [6.45, 7) is 2.11.